The van der Waals surface area contributed by atoms with Crippen LogP contribution >= 0.6 is 11.3 Å². The summed E-state index contributed by atoms with van der Waals surface area (Å²) in [6, 6.07) is 0. The van der Waals surface area contributed by atoms with Gasteiger partial charge in [0.1, 0.15) is 0 Å². The van der Waals surface area contributed by atoms with Gasteiger partial charge in [-0.1, -0.05) is 11.3 Å². The summed E-state index contributed by atoms with van der Waals surface area (Å²) in [4.78, 5) is 10.9. The third kappa shape index (κ3) is 3.42. The topological polar surface area (TPSA) is 124 Å². The van der Waals surface area contributed by atoms with Gasteiger partial charge in [0.05, 0.1) is 6.61 Å². The van der Waals surface area contributed by atoms with E-state index in [0.29, 0.717) is 11.3 Å². The molecule has 1 amide bonds. The van der Waals surface area contributed by atoms with Crippen molar-refractivity contribution in [1.82, 2.24) is 10.2 Å². The highest BCUT2D eigenvalue weighted by Crippen LogP contribution is 2.18. The zero-order valence-corrected chi connectivity index (χ0v) is 9.26. The molecule has 3 N–H and O–H groups in total. The average molecular weight is 252 g/mol. The van der Waals surface area contributed by atoms with Crippen LogP contribution in [0.1, 0.15) is 6.92 Å². The molecule has 0 atom stereocenters. The minimum atomic E-state index is -3.88. The molecular formula is C5H8N4O4S2. The number of hydrogen-bond donors (Lipinski definition) is 2. The maximum atomic E-state index is 10.9. The fraction of sp³-hybridized carbons (Fsp3) is 0.400. The molecule has 10 heteroatoms. The fourth-order valence-corrected chi connectivity index (χ4v) is 1.95. The quantitative estimate of drug-likeness (QED) is 0.715. The summed E-state index contributed by atoms with van der Waals surface area (Å²) in [6.45, 7) is 1.84. The SMILES string of the molecule is CCOC(=O)Nc1nnc(S(N)(=O)=O)s1. The highest BCUT2D eigenvalue weighted by molar-refractivity contribution is 7.91. The Morgan fingerprint density at radius 1 is 1.60 bits per heavy atom. The molecule has 0 bridgehead atoms. The Hall–Kier alpha value is -1.26. The first-order chi connectivity index (χ1) is 6.93. The lowest BCUT2D eigenvalue weighted by Gasteiger charge is -1.99. The van der Waals surface area contributed by atoms with Crippen molar-refractivity contribution in [3.8, 4) is 0 Å². The molecule has 0 unspecified atom stereocenters. The molecule has 0 aromatic carbocycles. The second kappa shape index (κ2) is 4.51. The van der Waals surface area contributed by atoms with E-state index in [1.54, 1.807) is 6.92 Å². The number of sulfonamides is 1. The van der Waals surface area contributed by atoms with Gasteiger partial charge in [0, 0.05) is 0 Å². The van der Waals surface area contributed by atoms with E-state index in [1.165, 1.54) is 0 Å². The summed E-state index contributed by atoms with van der Waals surface area (Å²) in [7, 11) is -3.88. The number of amides is 1. The Morgan fingerprint density at radius 2 is 2.27 bits per heavy atom. The average Bonchev–Trinajstić information content (AvgIpc) is 2.52. The second-order valence-corrected chi connectivity index (χ2v) is 4.98. The lowest BCUT2D eigenvalue weighted by atomic mass is 10.9. The first-order valence-electron chi connectivity index (χ1n) is 3.73. The van der Waals surface area contributed by atoms with Gasteiger partial charge < -0.3 is 4.74 Å². The number of nitrogens with zero attached hydrogens (tertiary/aromatic N) is 2. The molecule has 8 nitrogen and oxygen atoms in total. The first kappa shape index (κ1) is 11.8. The van der Waals surface area contributed by atoms with Gasteiger partial charge in [-0.25, -0.2) is 18.4 Å². The molecule has 1 rings (SSSR count). The lowest BCUT2D eigenvalue weighted by Crippen LogP contribution is -2.12. The Bertz CT molecular complexity index is 453. The minimum Gasteiger partial charge on any atom is -0.450 e. The molecule has 1 aromatic rings. The number of aromatic nitrogens is 2. The van der Waals surface area contributed by atoms with Crippen LogP contribution in [0.5, 0.6) is 0 Å². The van der Waals surface area contributed by atoms with Crippen molar-refractivity contribution in [2.24, 2.45) is 5.14 Å². The molecule has 0 radical (unpaired) electrons. The van der Waals surface area contributed by atoms with Crippen molar-refractivity contribution in [2.45, 2.75) is 11.3 Å². The van der Waals surface area contributed by atoms with E-state index in [1.807, 2.05) is 0 Å². The smallest absolute Gasteiger partial charge is 0.413 e. The van der Waals surface area contributed by atoms with Crippen LogP contribution in [0.25, 0.3) is 0 Å². The highest BCUT2D eigenvalue weighted by Gasteiger charge is 2.16. The van der Waals surface area contributed by atoms with Gasteiger partial charge in [0.25, 0.3) is 10.0 Å². The van der Waals surface area contributed by atoms with Crippen molar-refractivity contribution in [2.75, 3.05) is 11.9 Å². The molecule has 0 saturated carbocycles. The molecule has 84 valence electrons. The maximum absolute atomic E-state index is 10.9. The van der Waals surface area contributed by atoms with Crippen molar-refractivity contribution >= 4 is 32.6 Å². The summed E-state index contributed by atoms with van der Waals surface area (Å²) >= 11 is 0.647. The molecule has 15 heavy (non-hydrogen) atoms. The van der Waals surface area contributed by atoms with Gasteiger partial charge >= 0.3 is 6.09 Å². The Morgan fingerprint density at radius 3 is 2.73 bits per heavy atom. The van der Waals surface area contributed by atoms with E-state index in [4.69, 9.17) is 5.14 Å². The third-order valence-corrected chi connectivity index (χ3v) is 3.28. The summed E-state index contributed by atoms with van der Waals surface area (Å²) in [5, 5.41) is 13.7. The summed E-state index contributed by atoms with van der Waals surface area (Å²) in [6.07, 6.45) is -0.727. The van der Waals surface area contributed by atoms with E-state index < -0.39 is 16.1 Å². The summed E-state index contributed by atoms with van der Waals surface area (Å²) < 4.78 is 25.8. The van der Waals surface area contributed by atoms with Crippen LogP contribution in [0.4, 0.5) is 9.93 Å². The molecule has 1 heterocycles. The predicted molar refractivity (Wildman–Crippen MR) is 51.9 cm³/mol. The Labute approximate surface area is 89.5 Å². The second-order valence-electron chi connectivity index (χ2n) is 2.26. The van der Waals surface area contributed by atoms with Crippen molar-refractivity contribution in [1.29, 1.82) is 0 Å². The summed E-state index contributed by atoms with van der Waals surface area (Å²) in [5.41, 5.74) is 0. The van der Waals surface area contributed by atoms with E-state index in [0.717, 1.165) is 0 Å². The molecular weight excluding hydrogens is 244 g/mol. The van der Waals surface area contributed by atoms with Crippen LogP contribution in [0.3, 0.4) is 0 Å². The molecule has 0 aliphatic carbocycles. The number of carbonyl (C=O) groups excluding carboxylic acids is 1. The standard InChI is InChI=1S/C5H8N4O4S2/c1-2-13-4(10)7-3-8-9-5(14-3)15(6,11)12/h2H2,1H3,(H2,6,11,12)(H,7,8,10). The zero-order chi connectivity index (χ0) is 11.5. The number of nitrogens with two attached hydrogens (primary N) is 1. The molecule has 0 saturated heterocycles. The highest BCUT2D eigenvalue weighted by atomic mass is 32.2. The third-order valence-electron chi connectivity index (χ3n) is 1.13. The lowest BCUT2D eigenvalue weighted by molar-refractivity contribution is 0.168. The van der Waals surface area contributed by atoms with Gasteiger partial charge in [0.2, 0.25) is 9.47 Å². The van der Waals surface area contributed by atoms with Gasteiger partial charge in [-0.3, -0.25) is 5.32 Å². The first-order valence-corrected chi connectivity index (χ1v) is 6.10. The number of anilines is 1. The molecule has 1 aromatic heterocycles. The van der Waals surface area contributed by atoms with Crippen molar-refractivity contribution < 1.29 is 17.9 Å². The summed E-state index contributed by atoms with van der Waals surface area (Å²) in [5.74, 6) is 0. The van der Waals surface area contributed by atoms with E-state index in [2.05, 4.69) is 20.3 Å². The van der Waals surface area contributed by atoms with Crippen LogP contribution in [0.2, 0.25) is 0 Å². The zero-order valence-electron chi connectivity index (χ0n) is 7.63. The van der Waals surface area contributed by atoms with Gasteiger partial charge in [-0.15, -0.1) is 10.2 Å². The fourth-order valence-electron chi connectivity index (χ4n) is 0.630. The molecule has 0 fully saturated rings. The largest absolute Gasteiger partial charge is 0.450 e. The number of carbonyl (C=O) groups is 1. The van der Waals surface area contributed by atoms with E-state index in [-0.39, 0.29) is 16.1 Å². The minimum absolute atomic E-state index is 0.0116. The van der Waals surface area contributed by atoms with Crippen LogP contribution in [0.15, 0.2) is 4.34 Å². The van der Waals surface area contributed by atoms with Crippen molar-refractivity contribution in [3.63, 3.8) is 0 Å². The van der Waals surface area contributed by atoms with E-state index >= 15 is 0 Å². The monoisotopic (exact) mass is 252 g/mol. The number of ether oxygens (including phenoxy) is 1. The Balaban J connectivity index is 2.73. The van der Waals surface area contributed by atoms with Crippen LogP contribution in [-0.2, 0) is 14.8 Å². The van der Waals surface area contributed by atoms with Crippen LogP contribution < -0.4 is 10.5 Å². The van der Waals surface area contributed by atoms with Gasteiger partial charge in [-0.2, -0.15) is 0 Å². The van der Waals surface area contributed by atoms with Crippen LogP contribution in [0, 0.1) is 0 Å². The number of rotatable bonds is 3. The predicted octanol–water partition coefficient (Wildman–Crippen LogP) is -0.246. The molecule has 0 aliphatic rings. The Kier molecular flexibility index (Phi) is 3.55. The molecule has 0 spiro atoms. The number of nitrogens with one attached hydrogen (secondary N) is 1. The number of primary sulfonamides is 1. The maximum Gasteiger partial charge on any atom is 0.413 e. The van der Waals surface area contributed by atoms with E-state index in [9.17, 15) is 13.2 Å². The van der Waals surface area contributed by atoms with Gasteiger partial charge in [0.15, 0.2) is 0 Å². The van der Waals surface area contributed by atoms with Crippen LogP contribution in [-0.4, -0.2) is 31.3 Å². The van der Waals surface area contributed by atoms with Gasteiger partial charge in [-0.05, 0) is 6.92 Å². The normalized spacial score (nSPS) is 11.1. The number of hydrogen-bond acceptors (Lipinski definition) is 7. The van der Waals surface area contributed by atoms with Crippen molar-refractivity contribution in [3.05, 3.63) is 0 Å². The molecule has 0 aliphatic heterocycles.